The first-order valence-corrected chi connectivity index (χ1v) is 9.48. The summed E-state index contributed by atoms with van der Waals surface area (Å²) in [5.74, 6) is 0.321. The Morgan fingerprint density at radius 1 is 1.04 bits per heavy atom. The largest absolute Gasteiger partial charge is 0.459 e. The molecule has 1 atom stereocenters. The molecule has 0 bridgehead atoms. The molecule has 144 valence electrons. The van der Waals surface area contributed by atoms with Crippen LogP contribution in [0.5, 0.6) is 11.5 Å². The van der Waals surface area contributed by atoms with Crippen LogP contribution in [0, 0.1) is 0 Å². The Morgan fingerprint density at radius 2 is 1.56 bits per heavy atom. The number of ether oxygens (including phenoxy) is 3. The minimum atomic E-state index is -1.24. The Morgan fingerprint density at radius 3 is 2.00 bits per heavy atom. The van der Waals surface area contributed by atoms with Gasteiger partial charge in [0.2, 0.25) is 0 Å². The van der Waals surface area contributed by atoms with Gasteiger partial charge in [-0.05, 0) is 75.0 Å². The van der Waals surface area contributed by atoms with Gasteiger partial charge in [0.25, 0.3) is 0 Å². The van der Waals surface area contributed by atoms with Crippen LogP contribution in [0.15, 0.2) is 48.5 Å². The Balaban J connectivity index is 1.68. The van der Waals surface area contributed by atoms with Gasteiger partial charge < -0.3 is 19.1 Å². The number of halogens is 2. The maximum atomic E-state index is 12.6. The molecule has 3 rings (SSSR count). The SMILES string of the molecule is CN1CCC[C@@H]1COC(=O)C(Oc1ccc(Cl)cc1)Oc1ccc(Cl)cc1. The van der Waals surface area contributed by atoms with Crippen molar-refractivity contribution in [2.75, 3.05) is 20.2 Å². The second-order valence-electron chi connectivity index (χ2n) is 6.38. The van der Waals surface area contributed by atoms with E-state index in [2.05, 4.69) is 4.90 Å². The molecule has 0 saturated carbocycles. The highest BCUT2D eigenvalue weighted by Gasteiger charge is 2.28. The maximum absolute atomic E-state index is 12.6. The van der Waals surface area contributed by atoms with Crippen molar-refractivity contribution in [2.24, 2.45) is 0 Å². The molecule has 1 fully saturated rings. The average molecular weight is 410 g/mol. The first kappa shape index (κ1) is 19.8. The fourth-order valence-electron chi connectivity index (χ4n) is 2.83. The third kappa shape index (κ3) is 5.76. The van der Waals surface area contributed by atoms with Crippen molar-refractivity contribution < 1.29 is 19.0 Å². The molecule has 1 heterocycles. The van der Waals surface area contributed by atoms with Crippen LogP contribution in [0.1, 0.15) is 12.8 Å². The van der Waals surface area contributed by atoms with Crippen LogP contribution in [-0.4, -0.2) is 43.4 Å². The van der Waals surface area contributed by atoms with E-state index in [0.717, 1.165) is 19.4 Å². The number of likely N-dealkylation sites (tertiary alicyclic amines) is 1. The van der Waals surface area contributed by atoms with Crippen LogP contribution < -0.4 is 9.47 Å². The molecular weight excluding hydrogens is 389 g/mol. The summed E-state index contributed by atoms with van der Waals surface area (Å²) < 4.78 is 16.9. The van der Waals surface area contributed by atoms with Gasteiger partial charge in [-0.2, -0.15) is 0 Å². The standard InChI is InChI=1S/C20H21Cl2NO4/c1-23-12-2-3-16(23)13-25-19(24)20(26-17-8-4-14(21)5-9-17)27-18-10-6-15(22)7-11-18/h4-11,16,20H,2-3,12-13H2,1H3/t16-/m1/s1. The number of hydrogen-bond donors (Lipinski definition) is 0. The molecule has 0 N–H and O–H groups in total. The highest BCUT2D eigenvalue weighted by Crippen LogP contribution is 2.22. The van der Waals surface area contributed by atoms with Crippen molar-refractivity contribution >= 4 is 29.2 Å². The van der Waals surface area contributed by atoms with Gasteiger partial charge in [0.1, 0.15) is 18.1 Å². The summed E-state index contributed by atoms with van der Waals surface area (Å²) in [7, 11) is 2.03. The third-order valence-corrected chi connectivity index (χ3v) is 4.90. The van der Waals surface area contributed by atoms with E-state index in [9.17, 15) is 4.79 Å². The molecule has 0 aromatic heterocycles. The van der Waals surface area contributed by atoms with Crippen molar-refractivity contribution in [1.29, 1.82) is 0 Å². The van der Waals surface area contributed by atoms with Crippen LogP contribution in [0.2, 0.25) is 10.0 Å². The molecule has 1 saturated heterocycles. The predicted molar refractivity (Wildman–Crippen MR) is 105 cm³/mol. The van der Waals surface area contributed by atoms with Crippen molar-refractivity contribution in [3.8, 4) is 11.5 Å². The van der Waals surface area contributed by atoms with E-state index in [0.29, 0.717) is 28.2 Å². The van der Waals surface area contributed by atoms with Gasteiger partial charge in [-0.1, -0.05) is 23.2 Å². The molecule has 5 nitrogen and oxygen atoms in total. The molecule has 7 heteroatoms. The fraction of sp³-hybridized carbons (Fsp3) is 0.350. The van der Waals surface area contributed by atoms with Crippen LogP contribution >= 0.6 is 23.2 Å². The number of rotatable bonds is 7. The average Bonchev–Trinajstić information content (AvgIpc) is 3.07. The molecule has 1 aliphatic heterocycles. The summed E-state index contributed by atoms with van der Waals surface area (Å²) >= 11 is 11.8. The Hall–Kier alpha value is -1.95. The van der Waals surface area contributed by atoms with Gasteiger partial charge in [0.05, 0.1) is 0 Å². The number of carbonyl (C=O) groups is 1. The second-order valence-corrected chi connectivity index (χ2v) is 7.26. The predicted octanol–water partition coefficient (Wildman–Crippen LogP) is 4.41. The third-order valence-electron chi connectivity index (χ3n) is 4.40. The number of likely N-dealkylation sites (N-methyl/N-ethyl adjacent to an activating group) is 1. The van der Waals surface area contributed by atoms with Crippen molar-refractivity contribution in [2.45, 2.75) is 25.2 Å². The molecule has 1 aliphatic rings. The lowest BCUT2D eigenvalue weighted by Crippen LogP contribution is -2.38. The Bertz CT molecular complexity index is 704. The van der Waals surface area contributed by atoms with Gasteiger partial charge in [0.15, 0.2) is 0 Å². The smallest absolute Gasteiger partial charge is 0.389 e. The van der Waals surface area contributed by atoms with Crippen LogP contribution in [0.4, 0.5) is 0 Å². The fourth-order valence-corrected chi connectivity index (χ4v) is 3.08. The van der Waals surface area contributed by atoms with Gasteiger partial charge in [-0.15, -0.1) is 0 Å². The quantitative estimate of drug-likeness (QED) is 0.500. The molecular formula is C20H21Cl2NO4. The van der Waals surface area contributed by atoms with Crippen molar-refractivity contribution in [3.05, 3.63) is 58.6 Å². The van der Waals surface area contributed by atoms with E-state index in [-0.39, 0.29) is 6.04 Å². The zero-order valence-corrected chi connectivity index (χ0v) is 16.4. The zero-order valence-electron chi connectivity index (χ0n) is 14.9. The lowest BCUT2D eigenvalue weighted by atomic mass is 10.2. The minimum absolute atomic E-state index is 0.223. The van der Waals surface area contributed by atoms with E-state index >= 15 is 0 Å². The molecule has 0 spiro atoms. The molecule has 2 aromatic rings. The number of nitrogens with zero attached hydrogens (tertiary/aromatic N) is 1. The Labute approximate surface area is 168 Å². The topological polar surface area (TPSA) is 48.0 Å². The van der Waals surface area contributed by atoms with E-state index in [4.69, 9.17) is 37.4 Å². The van der Waals surface area contributed by atoms with Crippen LogP contribution in [0.25, 0.3) is 0 Å². The van der Waals surface area contributed by atoms with Crippen LogP contribution in [-0.2, 0) is 9.53 Å². The van der Waals surface area contributed by atoms with Crippen molar-refractivity contribution in [3.63, 3.8) is 0 Å². The van der Waals surface area contributed by atoms with Gasteiger partial charge in [0, 0.05) is 16.1 Å². The molecule has 27 heavy (non-hydrogen) atoms. The molecule has 0 radical (unpaired) electrons. The summed E-state index contributed by atoms with van der Waals surface area (Å²) in [4.78, 5) is 14.8. The van der Waals surface area contributed by atoms with Gasteiger partial charge >= 0.3 is 12.3 Å². The summed E-state index contributed by atoms with van der Waals surface area (Å²) in [5, 5.41) is 1.15. The zero-order chi connectivity index (χ0) is 19.2. The van der Waals surface area contributed by atoms with E-state index < -0.39 is 12.3 Å². The number of hydrogen-bond acceptors (Lipinski definition) is 5. The minimum Gasteiger partial charge on any atom is -0.459 e. The molecule has 0 amide bonds. The number of benzene rings is 2. The molecule has 0 unspecified atom stereocenters. The lowest BCUT2D eigenvalue weighted by molar-refractivity contribution is -0.167. The normalized spacial score (nSPS) is 17.1. The van der Waals surface area contributed by atoms with Gasteiger partial charge in [-0.3, -0.25) is 0 Å². The molecule has 2 aromatic carbocycles. The first-order valence-electron chi connectivity index (χ1n) is 8.72. The highest BCUT2D eigenvalue weighted by molar-refractivity contribution is 6.30. The Kier molecular flexibility index (Phi) is 6.83. The monoisotopic (exact) mass is 409 g/mol. The molecule has 0 aliphatic carbocycles. The van der Waals surface area contributed by atoms with Gasteiger partial charge in [-0.25, -0.2) is 4.79 Å². The lowest BCUT2D eigenvalue weighted by Gasteiger charge is -2.22. The van der Waals surface area contributed by atoms with Crippen LogP contribution in [0.3, 0.4) is 0 Å². The highest BCUT2D eigenvalue weighted by atomic mass is 35.5. The van der Waals surface area contributed by atoms with E-state index in [1.54, 1.807) is 48.5 Å². The summed E-state index contributed by atoms with van der Waals surface area (Å²) in [6.07, 6.45) is 0.869. The van der Waals surface area contributed by atoms with Crippen molar-refractivity contribution in [1.82, 2.24) is 4.90 Å². The first-order chi connectivity index (χ1) is 13.0. The summed E-state index contributed by atoms with van der Waals surface area (Å²) in [6.45, 7) is 1.31. The number of carbonyl (C=O) groups excluding carboxylic acids is 1. The van der Waals surface area contributed by atoms with E-state index in [1.807, 2.05) is 7.05 Å². The summed E-state index contributed by atoms with van der Waals surface area (Å²) in [6, 6.07) is 13.6. The number of esters is 1. The van der Waals surface area contributed by atoms with E-state index in [1.165, 1.54) is 0 Å². The summed E-state index contributed by atoms with van der Waals surface area (Å²) in [5.41, 5.74) is 0. The second kappa shape index (κ2) is 9.31. The maximum Gasteiger partial charge on any atom is 0.389 e.